The molecule has 1 aromatic carbocycles. The van der Waals surface area contributed by atoms with Crippen LogP contribution in [0.25, 0.3) is 0 Å². The second-order valence-electron chi connectivity index (χ2n) is 5.58. The Kier molecular flexibility index (Phi) is 4.23. The van der Waals surface area contributed by atoms with Gasteiger partial charge in [0.1, 0.15) is 5.82 Å². The molecule has 0 spiro atoms. The summed E-state index contributed by atoms with van der Waals surface area (Å²) in [5, 5.41) is 3.48. The van der Waals surface area contributed by atoms with E-state index in [1.165, 1.54) is 12.8 Å². The van der Waals surface area contributed by atoms with Gasteiger partial charge in [0, 0.05) is 25.3 Å². The molecule has 1 aliphatic rings. The molecule has 2 nitrogen and oxygen atoms in total. The van der Waals surface area contributed by atoms with Crippen LogP contribution >= 0.6 is 0 Å². The lowest BCUT2D eigenvalue weighted by molar-refractivity contribution is 0.241. The lowest BCUT2D eigenvalue weighted by Gasteiger charge is -2.39. The summed E-state index contributed by atoms with van der Waals surface area (Å²) < 4.78 is 13.0. The van der Waals surface area contributed by atoms with Crippen LogP contribution in [0, 0.1) is 11.2 Å². The molecule has 0 aliphatic carbocycles. The Balaban J connectivity index is 2.06. The van der Waals surface area contributed by atoms with E-state index in [1.807, 2.05) is 12.1 Å². The third-order valence-corrected chi connectivity index (χ3v) is 3.83. The van der Waals surface area contributed by atoms with Crippen LogP contribution in [-0.4, -0.2) is 26.2 Å². The summed E-state index contributed by atoms with van der Waals surface area (Å²) in [5.41, 5.74) is 1.44. The molecule has 1 unspecified atom stereocenters. The van der Waals surface area contributed by atoms with Gasteiger partial charge in [-0.15, -0.1) is 0 Å². The van der Waals surface area contributed by atoms with Crippen LogP contribution in [0.1, 0.15) is 26.7 Å². The van der Waals surface area contributed by atoms with Crippen LogP contribution in [-0.2, 0) is 0 Å². The maximum atomic E-state index is 13.0. The van der Waals surface area contributed by atoms with E-state index in [0.29, 0.717) is 5.41 Å². The summed E-state index contributed by atoms with van der Waals surface area (Å²) in [6.45, 7) is 8.70. The zero-order valence-electron chi connectivity index (χ0n) is 11.4. The van der Waals surface area contributed by atoms with Crippen molar-refractivity contribution < 1.29 is 4.39 Å². The topological polar surface area (TPSA) is 15.3 Å². The number of benzene rings is 1. The standard InChI is InChI=1S/C15H23FN2/c1-3-18(14-7-5-13(16)6-8-14)12-15(2)9-4-10-17-11-15/h5-8,17H,3-4,9-12H2,1-2H3. The van der Waals surface area contributed by atoms with Crippen molar-refractivity contribution in [2.24, 2.45) is 5.41 Å². The van der Waals surface area contributed by atoms with Crippen LogP contribution in [0.2, 0.25) is 0 Å². The first kappa shape index (κ1) is 13.3. The number of hydrogen-bond acceptors (Lipinski definition) is 2. The van der Waals surface area contributed by atoms with E-state index >= 15 is 0 Å². The molecule has 1 fully saturated rings. The minimum atomic E-state index is -0.166. The van der Waals surface area contributed by atoms with E-state index < -0.39 is 0 Å². The molecule has 1 saturated heterocycles. The first-order chi connectivity index (χ1) is 8.63. The highest BCUT2D eigenvalue weighted by Gasteiger charge is 2.28. The molecule has 1 N–H and O–H groups in total. The predicted octanol–water partition coefficient (Wildman–Crippen LogP) is 3.04. The summed E-state index contributed by atoms with van der Waals surface area (Å²) in [4.78, 5) is 2.34. The van der Waals surface area contributed by atoms with Crippen LogP contribution < -0.4 is 10.2 Å². The summed E-state index contributed by atoms with van der Waals surface area (Å²) in [6.07, 6.45) is 2.51. The van der Waals surface area contributed by atoms with Crippen LogP contribution in [0.15, 0.2) is 24.3 Å². The van der Waals surface area contributed by atoms with Crippen molar-refractivity contribution >= 4 is 5.69 Å². The van der Waals surface area contributed by atoms with Crippen molar-refractivity contribution in [3.63, 3.8) is 0 Å². The van der Waals surface area contributed by atoms with E-state index in [-0.39, 0.29) is 5.82 Å². The third-order valence-electron chi connectivity index (χ3n) is 3.83. The van der Waals surface area contributed by atoms with E-state index in [1.54, 1.807) is 12.1 Å². The molecule has 3 heteroatoms. The van der Waals surface area contributed by atoms with E-state index in [4.69, 9.17) is 0 Å². The maximum Gasteiger partial charge on any atom is 0.123 e. The Bertz CT molecular complexity index is 369. The lowest BCUT2D eigenvalue weighted by atomic mass is 9.82. The molecule has 18 heavy (non-hydrogen) atoms. The highest BCUT2D eigenvalue weighted by atomic mass is 19.1. The maximum absolute atomic E-state index is 13.0. The van der Waals surface area contributed by atoms with Crippen LogP contribution in [0.4, 0.5) is 10.1 Å². The molecule has 0 radical (unpaired) electrons. The van der Waals surface area contributed by atoms with Gasteiger partial charge in [0.15, 0.2) is 0 Å². The number of anilines is 1. The molecule has 1 heterocycles. The Hall–Kier alpha value is -1.09. The van der Waals surface area contributed by atoms with Gasteiger partial charge in [-0.1, -0.05) is 6.92 Å². The Morgan fingerprint density at radius 2 is 2.06 bits per heavy atom. The van der Waals surface area contributed by atoms with E-state index in [9.17, 15) is 4.39 Å². The molecular weight excluding hydrogens is 227 g/mol. The van der Waals surface area contributed by atoms with Gasteiger partial charge in [0.05, 0.1) is 0 Å². The summed E-state index contributed by atoms with van der Waals surface area (Å²) in [5.74, 6) is -0.166. The molecule has 0 amide bonds. The lowest BCUT2D eigenvalue weighted by Crippen LogP contribution is -2.46. The van der Waals surface area contributed by atoms with Crippen LogP contribution in [0.3, 0.4) is 0 Å². The highest BCUT2D eigenvalue weighted by Crippen LogP contribution is 2.28. The molecule has 1 aliphatic heterocycles. The molecule has 0 bridgehead atoms. The summed E-state index contributed by atoms with van der Waals surface area (Å²) in [7, 11) is 0. The van der Waals surface area contributed by atoms with Gasteiger partial charge in [-0.05, 0) is 56.0 Å². The fraction of sp³-hybridized carbons (Fsp3) is 0.600. The number of piperidine rings is 1. The molecular formula is C15H23FN2. The van der Waals surface area contributed by atoms with Crippen molar-refractivity contribution in [1.82, 2.24) is 5.32 Å². The zero-order chi connectivity index (χ0) is 13.0. The van der Waals surface area contributed by atoms with Crippen molar-refractivity contribution in [2.45, 2.75) is 26.7 Å². The van der Waals surface area contributed by atoms with Gasteiger partial charge in [0.25, 0.3) is 0 Å². The minimum Gasteiger partial charge on any atom is -0.371 e. The van der Waals surface area contributed by atoms with Crippen LogP contribution in [0.5, 0.6) is 0 Å². The summed E-state index contributed by atoms with van der Waals surface area (Å²) >= 11 is 0. The van der Waals surface area contributed by atoms with Gasteiger partial charge in [-0.3, -0.25) is 0 Å². The average molecular weight is 250 g/mol. The smallest absolute Gasteiger partial charge is 0.123 e. The fourth-order valence-electron chi connectivity index (χ4n) is 2.75. The molecule has 0 aromatic heterocycles. The quantitative estimate of drug-likeness (QED) is 0.883. The molecule has 1 atom stereocenters. The van der Waals surface area contributed by atoms with Gasteiger partial charge in [-0.25, -0.2) is 4.39 Å². The first-order valence-electron chi connectivity index (χ1n) is 6.84. The molecule has 1 aromatic rings. The monoisotopic (exact) mass is 250 g/mol. The third kappa shape index (κ3) is 3.22. The average Bonchev–Trinajstić information content (AvgIpc) is 2.38. The normalized spacial score (nSPS) is 23.9. The Morgan fingerprint density at radius 1 is 1.33 bits per heavy atom. The minimum absolute atomic E-state index is 0.166. The summed E-state index contributed by atoms with van der Waals surface area (Å²) in [6, 6.07) is 6.83. The van der Waals surface area contributed by atoms with Gasteiger partial charge < -0.3 is 10.2 Å². The zero-order valence-corrected chi connectivity index (χ0v) is 11.4. The second-order valence-corrected chi connectivity index (χ2v) is 5.58. The van der Waals surface area contributed by atoms with Crippen molar-refractivity contribution in [3.05, 3.63) is 30.1 Å². The van der Waals surface area contributed by atoms with Crippen molar-refractivity contribution in [2.75, 3.05) is 31.1 Å². The number of halogens is 1. The van der Waals surface area contributed by atoms with E-state index in [2.05, 4.69) is 24.1 Å². The molecule has 100 valence electrons. The molecule has 0 saturated carbocycles. The van der Waals surface area contributed by atoms with Crippen molar-refractivity contribution in [3.8, 4) is 0 Å². The second kappa shape index (κ2) is 5.70. The van der Waals surface area contributed by atoms with E-state index in [0.717, 1.165) is 31.9 Å². The van der Waals surface area contributed by atoms with Gasteiger partial charge in [-0.2, -0.15) is 0 Å². The fourth-order valence-corrected chi connectivity index (χ4v) is 2.75. The Morgan fingerprint density at radius 3 is 2.61 bits per heavy atom. The number of hydrogen-bond donors (Lipinski definition) is 1. The highest BCUT2D eigenvalue weighted by molar-refractivity contribution is 5.46. The Labute approximate surface area is 109 Å². The van der Waals surface area contributed by atoms with Gasteiger partial charge in [0.2, 0.25) is 0 Å². The van der Waals surface area contributed by atoms with Gasteiger partial charge >= 0.3 is 0 Å². The first-order valence-corrected chi connectivity index (χ1v) is 6.84. The molecule has 2 rings (SSSR count). The SMILES string of the molecule is CCN(CC1(C)CCCNC1)c1ccc(F)cc1. The number of rotatable bonds is 4. The van der Waals surface area contributed by atoms with Crippen molar-refractivity contribution in [1.29, 1.82) is 0 Å². The predicted molar refractivity (Wildman–Crippen MR) is 74.5 cm³/mol. The largest absolute Gasteiger partial charge is 0.371 e. The number of nitrogens with one attached hydrogen (secondary N) is 1. The number of nitrogens with zero attached hydrogens (tertiary/aromatic N) is 1.